The third-order valence-corrected chi connectivity index (χ3v) is 6.42. The Morgan fingerprint density at radius 2 is 1.74 bits per heavy atom. The van der Waals surface area contributed by atoms with Crippen LogP contribution in [0.4, 0.5) is 4.79 Å². The second-order valence-corrected chi connectivity index (χ2v) is 8.75. The molecule has 8 nitrogen and oxygen atoms in total. The van der Waals surface area contributed by atoms with E-state index in [0.717, 1.165) is 28.7 Å². The molecule has 2 amide bonds. The number of benzene rings is 2. The Morgan fingerprint density at radius 1 is 1.09 bits per heavy atom. The Morgan fingerprint density at radius 3 is 2.35 bits per heavy atom. The average molecular weight is 467 g/mol. The third-order valence-electron chi connectivity index (χ3n) is 6.42. The van der Waals surface area contributed by atoms with Gasteiger partial charge in [-0.15, -0.1) is 0 Å². The first-order chi connectivity index (χ1) is 16.5. The summed E-state index contributed by atoms with van der Waals surface area (Å²) < 4.78 is 10.8. The van der Waals surface area contributed by atoms with E-state index in [1.54, 1.807) is 0 Å². The Labute approximate surface area is 198 Å². The molecule has 34 heavy (non-hydrogen) atoms. The van der Waals surface area contributed by atoms with Crippen molar-refractivity contribution in [3.8, 4) is 11.1 Å². The minimum atomic E-state index is -1.09. The largest absolute Gasteiger partial charge is 0.479 e. The molecule has 3 atom stereocenters. The summed E-state index contributed by atoms with van der Waals surface area (Å²) in [6.45, 7) is 2.46. The zero-order valence-corrected chi connectivity index (χ0v) is 19.2. The lowest BCUT2D eigenvalue weighted by atomic mass is 9.98. The molecular formula is C26H30N2O6. The average Bonchev–Trinajstić information content (AvgIpc) is 3.40. The highest BCUT2D eigenvalue weighted by Gasteiger charge is 2.35. The first-order valence-corrected chi connectivity index (χ1v) is 11.7. The van der Waals surface area contributed by atoms with Gasteiger partial charge in [0.1, 0.15) is 6.61 Å². The predicted octanol–water partition coefficient (Wildman–Crippen LogP) is 3.44. The summed E-state index contributed by atoms with van der Waals surface area (Å²) in [6.07, 6.45) is 0.249. The summed E-state index contributed by atoms with van der Waals surface area (Å²) in [4.78, 5) is 36.4. The van der Waals surface area contributed by atoms with Gasteiger partial charge >= 0.3 is 12.1 Å². The minimum Gasteiger partial charge on any atom is -0.479 e. The lowest BCUT2D eigenvalue weighted by molar-refractivity contribution is -0.148. The van der Waals surface area contributed by atoms with Crippen LogP contribution in [0.3, 0.4) is 0 Å². The number of fused-ring (bicyclic) bond motifs is 3. The summed E-state index contributed by atoms with van der Waals surface area (Å²) >= 11 is 0. The van der Waals surface area contributed by atoms with Gasteiger partial charge in [0.05, 0.1) is 6.04 Å². The fourth-order valence-electron chi connectivity index (χ4n) is 4.85. The van der Waals surface area contributed by atoms with E-state index in [4.69, 9.17) is 9.47 Å². The first kappa shape index (κ1) is 23.8. The van der Waals surface area contributed by atoms with E-state index in [0.29, 0.717) is 12.8 Å². The lowest BCUT2D eigenvalue weighted by Crippen LogP contribution is -2.46. The third kappa shape index (κ3) is 5.22. The van der Waals surface area contributed by atoms with Crippen LogP contribution < -0.4 is 10.6 Å². The van der Waals surface area contributed by atoms with E-state index in [1.807, 2.05) is 31.2 Å². The van der Waals surface area contributed by atoms with E-state index < -0.39 is 30.3 Å². The lowest BCUT2D eigenvalue weighted by Gasteiger charge is -2.21. The molecule has 4 rings (SSSR count). The molecule has 3 N–H and O–H groups in total. The summed E-state index contributed by atoms with van der Waals surface area (Å²) in [5.74, 6) is -1.45. The monoisotopic (exact) mass is 466 g/mol. The molecule has 0 saturated carbocycles. The Balaban J connectivity index is 1.33. The highest BCUT2D eigenvalue weighted by Crippen LogP contribution is 2.44. The van der Waals surface area contributed by atoms with Gasteiger partial charge in [-0.1, -0.05) is 61.9 Å². The number of carboxylic acids is 1. The SMILES string of the molecule is CCC[C@H](CC(=O)N[C@@H]1CCO[C@@H]1C(=O)O)NC(=O)OCC1c2ccccc2-c2ccccc21. The van der Waals surface area contributed by atoms with Crippen molar-refractivity contribution in [2.24, 2.45) is 0 Å². The van der Waals surface area contributed by atoms with Gasteiger partial charge in [-0.2, -0.15) is 0 Å². The second kappa shape index (κ2) is 10.7. The second-order valence-electron chi connectivity index (χ2n) is 8.75. The summed E-state index contributed by atoms with van der Waals surface area (Å²) in [7, 11) is 0. The van der Waals surface area contributed by atoms with Gasteiger partial charge in [-0.25, -0.2) is 9.59 Å². The maximum atomic E-state index is 12.6. The van der Waals surface area contributed by atoms with Gasteiger partial charge < -0.3 is 25.2 Å². The maximum Gasteiger partial charge on any atom is 0.407 e. The molecule has 0 radical (unpaired) electrons. The zero-order chi connectivity index (χ0) is 24.1. The van der Waals surface area contributed by atoms with Crippen molar-refractivity contribution in [1.29, 1.82) is 0 Å². The number of nitrogens with one attached hydrogen (secondary N) is 2. The minimum absolute atomic E-state index is 0.0404. The van der Waals surface area contributed by atoms with Crippen LogP contribution in [-0.4, -0.2) is 54.5 Å². The predicted molar refractivity (Wildman–Crippen MR) is 125 cm³/mol. The molecule has 1 aliphatic heterocycles. The van der Waals surface area contributed by atoms with Gasteiger partial charge in [-0.05, 0) is 35.1 Å². The van der Waals surface area contributed by atoms with Crippen LogP contribution in [0.25, 0.3) is 11.1 Å². The molecule has 0 aromatic heterocycles. The quantitative estimate of drug-likeness (QED) is 0.522. The van der Waals surface area contributed by atoms with Crippen molar-refractivity contribution in [3.63, 3.8) is 0 Å². The topological polar surface area (TPSA) is 114 Å². The number of aliphatic carboxylic acids is 1. The first-order valence-electron chi connectivity index (χ1n) is 11.7. The van der Waals surface area contributed by atoms with Crippen molar-refractivity contribution in [1.82, 2.24) is 10.6 Å². The van der Waals surface area contributed by atoms with Gasteiger partial charge in [0.2, 0.25) is 5.91 Å². The van der Waals surface area contributed by atoms with Crippen LogP contribution >= 0.6 is 0 Å². The van der Waals surface area contributed by atoms with E-state index in [2.05, 4.69) is 34.9 Å². The number of carboxylic acid groups (broad SMARTS) is 1. The molecule has 0 bridgehead atoms. The molecular weight excluding hydrogens is 436 g/mol. The van der Waals surface area contributed by atoms with Crippen molar-refractivity contribution >= 4 is 18.0 Å². The number of amides is 2. The van der Waals surface area contributed by atoms with Crippen LogP contribution in [0.2, 0.25) is 0 Å². The molecule has 2 aromatic rings. The van der Waals surface area contributed by atoms with Crippen LogP contribution in [0.5, 0.6) is 0 Å². The van der Waals surface area contributed by atoms with Crippen molar-refractivity contribution in [2.75, 3.05) is 13.2 Å². The molecule has 1 saturated heterocycles. The summed E-state index contributed by atoms with van der Waals surface area (Å²) in [6, 6.07) is 15.3. The number of rotatable bonds is 9. The number of hydrogen-bond donors (Lipinski definition) is 3. The Kier molecular flexibility index (Phi) is 7.47. The van der Waals surface area contributed by atoms with Crippen LogP contribution in [0, 0.1) is 0 Å². The molecule has 1 fully saturated rings. The van der Waals surface area contributed by atoms with Gasteiger partial charge in [0, 0.05) is 25.0 Å². The summed E-state index contributed by atoms with van der Waals surface area (Å²) in [5.41, 5.74) is 4.58. The van der Waals surface area contributed by atoms with Crippen LogP contribution in [-0.2, 0) is 19.1 Å². The van der Waals surface area contributed by atoms with Gasteiger partial charge in [-0.3, -0.25) is 4.79 Å². The fourth-order valence-corrected chi connectivity index (χ4v) is 4.85. The van der Waals surface area contributed by atoms with E-state index in [9.17, 15) is 19.5 Å². The smallest absolute Gasteiger partial charge is 0.407 e. The fraction of sp³-hybridized carbons (Fsp3) is 0.423. The molecule has 1 heterocycles. The van der Waals surface area contributed by atoms with Gasteiger partial charge in [0.25, 0.3) is 0 Å². The van der Waals surface area contributed by atoms with Gasteiger partial charge in [0.15, 0.2) is 6.10 Å². The van der Waals surface area contributed by atoms with Crippen molar-refractivity contribution < 1.29 is 29.0 Å². The number of alkyl carbamates (subject to hydrolysis) is 1. The van der Waals surface area contributed by atoms with Crippen molar-refractivity contribution in [3.05, 3.63) is 59.7 Å². The Bertz CT molecular complexity index is 1010. The highest BCUT2D eigenvalue weighted by atomic mass is 16.5. The number of carbonyl (C=O) groups excluding carboxylic acids is 2. The molecule has 1 aliphatic carbocycles. The van der Waals surface area contributed by atoms with E-state index >= 15 is 0 Å². The molecule has 180 valence electrons. The highest BCUT2D eigenvalue weighted by molar-refractivity contribution is 5.81. The molecule has 8 heteroatoms. The number of hydrogen-bond acceptors (Lipinski definition) is 5. The maximum absolute atomic E-state index is 12.6. The summed E-state index contributed by atoms with van der Waals surface area (Å²) in [5, 5.41) is 14.7. The molecule has 0 unspecified atom stereocenters. The van der Waals surface area contributed by atoms with Crippen LogP contribution in [0.15, 0.2) is 48.5 Å². The standard InChI is InChI=1S/C26H30N2O6/c1-2-7-16(14-23(29)28-22-12-13-33-24(22)25(30)31)27-26(32)34-15-21-19-10-5-3-8-17(19)18-9-4-6-11-20(18)21/h3-6,8-11,16,21-22,24H,2,7,12-15H2,1H3,(H,27,32)(H,28,29)(H,30,31)/t16-,22-,24+/m1/s1. The molecule has 0 spiro atoms. The van der Waals surface area contributed by atoms with Crippen LogP contribution in [0.1, 0.15) is 49.7 Å². The van der Waals surface area contributed by atoms with Crippen molar-refractivity contribution in [2.45, 2.75) is 56.7 Å². The molecule has 2 aromatic carbocycles. The van der Waals surface area contributed by atoms with E-state index in [1.165, 1.54) is 0 Å². The zero-order valence-electron chi connectivity index (χ0n) is 19.2. The Hall–Kier alpha value is -3.39. The normalized spacial score (nSPS) is 19.7. The molecule has 2 aliphatic rings. The van der Waals surface area contributed by atoms with E-state index in [-0.39, 0.29) is 31.5 Å². The number of ether oxygens (including phenoxy) is 2. The number of carbonyl (C=O) groups is 3.